The predicted molar refractivity (Wildman–Crippen MR) is 62.2 cm³/mol. The van der Waals surface area contributed by atoms with Crippen molar-refractivity contribution in [1.29, 1.82) is 0 Å². The van der Waals surface area contributed by atoms with E-state index in [1.807, 2.05) is 0 Å². The van der Waals surface area contributed by atoms with Crippen LogP contribution in [0.1, 0.15) is 44.9 Å². The summed E-state index contributed by atoms with van der Waals surface area (Å²) >= 11 is 0. The molecule has 0 aromatic heterocycles. The van der Waals surface area contributed by atoms with Gasteiger partial charge in [0.2, 0.25) is 0 Å². The Kier molecular flexibility index (Phi) is 3.69. The van der Waals surface area contributed by atoms with E-state index in [-0.39, 0.29) is 18.2 Å². The number of likely N-dealkylation sites (N-methyl/N-ethyl adjacent to an activating group) is 1. The Balaban J connectivity index is 1.84. The van der Waals surface area contributed by atoms with Crippen LogP contribution in [0.4, 0.5) is 4.79 Å². The van der Waals surface area contributed by atoms with E-state index in [0.29, 0.717) is 6.04 Å². The number of nitrogens with one attached hydrogen (secondary N) is 1. The largest absolute Gasteiger partial charge is 0.391 e. The SMILES string of the molecule is CN(C(=O)NC1CCC1)C1CCCCC1O. The Morgan fingerprint density at radius 2 is 1.88 bits per heavy atom. The summed E-state index contributed by atoms with van der Waals surface area (Å²) in [5.74, 6) is 0. The zero-order valence-electron chi connectivity index (χ0n) is 9.98. The van der Waals surface area contributed by atoms with Gasteiger partial charge in [-0.2, -0.15) is 0 Å². The van der Waals surface area contributed by atoms with Crippen LogP contribution >= 0.6 is 0 Å². The van der Waals surface area contributed by atoms with Gasteiger partial charge in [0.15, 0.2) is 0 Å². The number of rotatable bonds is 2. The first-order valence-electron chi connectivity index (χ1n) is 6.40. The van der Waals surface area contributed by atoms with Crippen molar-refractivity contribution >= 4 is 6.03 Å². The van der Waals surface area contributed by atoms with Gasteiger partial charge in [-0.1, -0.05) is 12.8 Å². The summed E-state index contributed by atoms with van der Waals surface area (Å²) in [7, 11) is 1.80. The van der Waals surface area contributed by atoms with Gasteiger partial charge in [-0.05, 0) is 32.1 Å². The molecule has 92 valence electrons. The lowest BCUT2D eigenvalue weighted by atomic mass is 9.91. The van der Waals surface area contributed by atoms with Gasteiger partial charge in [-0.15, -0.1) is 0 Å². The van der Waals surface area contributed by atoms with E-state index in [1.165, 1.54) is 6.42 Å². The van der Waals surface area contributed by atoms with E-state index >= 15 is 0 Å². The van der Waals surface area contributed by atoms with Crippen molar-refractivity contribution in [2.24, 2.45) is 0 Å². The highest BCUT2D eigenvalue weighted by Crippen LogP contribution is 2.23. The maximum Gasteiger partial charge on any atom is 0.317 e. The molecular weight excluding hydrogens is 204 g/mol. The van der Waals surface area contributed by atoms with Gasteiger partial charge in [-0.25, -0.2) is 4.79 Å². The fraction of sp³-hybridized carbons (Fsp3) is 0.917. The number of urea groups is 1. The summed E-state index contributed by atoms with van der Waals surface area (Å²) in [6, 6.07) is 0.361. The maximum absolute atomic E-state index is 11.9. The molecule has 2 unspecified atom stereocenters. The van der Waals surface area contributed by atoms with Crippen molar-refractivity contribution < 1.29 is 9.90 Å². The summed E-state index contributed by atoms with van der Waals surface area (Å²) in [5, 5.41) is 12.9. The highest BCUT2D eigenvalue weighted by Gasteiger charge is 2.30. The molecule has 2 N–H and O–H groups in total. The number of hydrogen-bond acceptors (Lipinski definition) is 2. The smallest absolute Gasteiger partial charge is 0.317 e. The second-order valence-electron chi connectivity index (χ2n) is 5.11. The Hall–Kier alpha value is -0.770. The minimum absolute atomic E-state index is 0.00817. The molecule has 0 heterocycles. The molecule has 4 heteroatoms. The Bertz CT molecular complexity index is 253. The molecule has 2 aliphatic rings. The highest BCUT2D eigenvalue weighted by atomic mass is 16.3. The fourth-order valence-corrected chi connectivity index (χ4v) is 2.52. The number of nitrogens with zero attached hydrogens (tertiary/aromatic N) is 1. The molecule has 2 aliphatic carbocycles. The van der Waals surface area contributed by atoms with Crippen LogP contribution in [-0.4, -0.2) is 41.3 Å². The van der Waals surface area contributed by atoms with E-state index in [2.05, 4.69) is 5.32 Å². The first-order valence-corrected chi connectivity index (χ1v) is 6.40. The molecule has 0 aromatic rings. The van der Waals surface area contributed by atoms with Crippen molar-refractivity contribution in [2.75, 3.05) is 7.05 Å². The minimum atomic E-state index is -0.342. The van der Waals surface area contributed by atoms with Crippen molar-refractivity contribution in [3.05, 3.63) is 0 Å². The predicted octanol–water partition coefficient (Wildman–Crippen LogP) is 1.48. The van der Waals surface area contributed by atoms with Gasteiger partial charge in [0.1, 0.15) is 0 Å². The van der Waals surface area contributed by atoms with Crippen LogP contribution in [0.3, 0.4) is 0 Å². The van der Waals surface area contributed by atoms with E-state index in [1.54, 1.807) is 11.9 Å². The first-order chi connectivity index (χ1) is 7.68. The molecule has 0 bridgehead atoms. The molecule has 2 fully saturated rings. The summed E-state index contributed by atoms with van der Waals surface area (Å²) in [6.45, 7) is 0. The first kappa shape index (κ1) is 11.7. The van der Waals surface area contributed by atoms with Gasteiger partial charge >= 0.3 is 6.03 Å². The van der Waals surface area contributed by atoms with Crippen molar-refractivity contribution in [3.8, 4) is 0 Å². The quantitative estimate of drug-likeness (QED) is 0.749. The summed E-state index contributed by atoms with van der Waals surface area (Å²) < 4.78 is 0. The molecule has 0 aliphatic heterocycles. The fourth-order valence-electron chi connectivity index (χ4n) is 2.52. The number of hydrogen-bond donors (Lipinski definition) is 2. The summed E-state index contributed by atoms with van der Waals surface area (Å²) in [4.78, 5) is 13.6. The lowest BCUT2D eigenvalue weighted by Gasteiger charge is -2.37. The average molecular weight is 226 g/mol. The molecule has 0 spiro atoms. The molecule has 0 aromatic carbocycles. The highest BCUT2D eigenvalue weighted by molar-refractivity contribution is 5.74. The lowest BCUT2D eigenvalue weighted by molar-refractivity contribution is 0.0452. The molecule has 2 amide bonds. The number of aliphatic hydroxyl groups is 1. The monoisotopic (exact) mass is 226 g/mol. The zero-order valence-corrected chi connectivity index (χ0v) is 9.98. The Morgan fingerprint density at radius 1 is 1.19 bits per heavy atom. The third kappa shape index (κ3) is 2.48. The van der Waals surface area contributed by atoms with Gasteiger partial charge < -0.3 is 15.3 Å². The number of aliphatic hydroxyl groups excluding tert-OH is 1. The van der Waals surface area contributed by atoms with Crippen LogP contribution in [0.5, 0.6) is 0 Å². The zero-order chi connectivity index (χ0) is 11.5. The third-order valence-electron chi connectivity index (χ3n) is 3.94. The summed E-state index contributed by atoms with van der Waals surface area (Å²) in [6.07, 6.45) is 7.03. The van der Waals surface area contributed by atoms with Crippen molar-refractivity contribution in [3.63, 3.8) is 0 Å². The van der Waals surface area contributed by atoms with E-state index in [4.69, 9.17) is 0 Å². The molecule has 16 heavy (non-hydrogen) atoms. The van der Waals surface area contributed by atoms with Gasteiger partial charge in [0.25, 0.3) is 0 Å². The van der Waals surface area contributed by atoms with E-state index in [0.717, 1.165) is 38.5 Å². The third-order valence-corrected chi connectivity index (χ3v) is 3.94. The average Bonchev–Trinajstić information content (AvgIpc) is 2.23. The van der Waals surface area contributed by atoms with E-state index in [9.17, 15) is 9.90 Å². The standard InChI is InChI=1S/C12H22N2O2/c1-14(10-7-2-3-8-11(10)15)12(16)13-9-5-4-6-9/h9-11,15H,2-8H2,1H3,(H,13,16). The Morgan fingerprint density at radius 3 is 2.44 bits per heavy atom. The summed E-state index contributed by atoms with van der Waals surface area (Å²) in [5.41, 5.74) is 0. The molecule has 2 saturated carbocycles. The lowest BCUT2D eigenvalue weighted by Crippen LogP contribution is -2.53. The van der Waals surface area contributed by atoms with Crippen molar-refractivity contribution in [2.45, 2.75) is 63.1 Å². The molecule has 0 radical (unpaired) electrons. The van der Waals surface area contributed by atoms with Gasteiger partial charge in [0, 0.05) is 13.1 Å². The molecule has 0 saturated heterocycles. The molecular formula is C12H22N2O2. The normalized spacial score (nSPS) is 30.6. The number of carbonyl (C=O) groups is 1. The number of amides is 2. The molecule has 2 atom stereocenters. The van der Waals surface area contributed by atoms with Crippen LogP contribution in [0.15, 0.2) is 0 Å². The van der Waals surface area contributed by atoms with Gasteiger partial charge in [-0.3, -0.25) is 0 Å². The van der Waals surface area contributed by atoms with Crippen LogP contribution < -0.4 is 5.32 Å². The van der Waals surface area contributed by atoms with Crippen LogP contribution in [0.2, 0.25) is 0 Å². The van der Waals surface area contributed by atoms with Crippen LogP contribution in [0, 0.1) is 0 Å². The molecule has 2 rings (SSSR count). The second kappa shape index (κ2) is 5.04. The number of carbonyl (C=O) groups excluding carboxylic acids is 1. The topological polar surface area (TPSA) is 52.6 Å². The van der Waals surface area contributed by atoms with Crippen LogP contribution in [0.25, 0.3) is 0 Å². The Labute approximate surface area is 97.0 Å². The van der Waals surface area contributed by atoms with Crippen LogP contribution in [-0.2, 0) is 0 Å². The maximum atomic E-state index is 11.9. The molecule has 4 nitrogen and oxygen atoms in total. The van der Waals surface area contributed by atoms with E-state index < -0.39 is 0 Å². The van der Waals surface area contributed by atoms with Crippen molar-refractivity contribution in [1.82, 2.24) is 10.2 Å². The minimum Gasteiger partial charge on any atom is -0.391 e. The second-order valence-corrected chi connectivity index (χ2v) is 5.11. The van der Waals surface area contributed by atoms with Gasteiger partial charge in [0.05, 0.1) is 12.1 Å².